The van der Waals surface area contributed by atoms with Gasteiger partial charge in [-0.2, -0.15) is 0 Å². The first-order chi connectivity index (χ1) is 22.9. The summed E-state index contributed by atoms with van der Waals surface area (Å²) < 4.78 is 14.8. The Bertz CT molecular complexity index is 1830. The number of rotatable bonds is 13. The summed E-state index contributed by atoms with van der Waals surface area (Å²) >= 11 is 6.38. The maximum atomic E-state index is 13.7. The highest BCUT2D eigenvalue weighted by Crippen LogP contribution is 2.34. The second-order valence-electron chi connectivity index (χ2n) is 12.7. The second-order valence-corrected chi connectivity index (χ2v) is 13.1. The molecule has 1 fully saturated rings. The molecule has 7 nitrogen and oxygen atoms in total. The van der Waals surface area contributed by atoms with Crippen LogP contribution in [0, 0.1) is 6.92 Å². The zero-order chi connectivity index (χ0) is 32.8. The van der Waals surface area contributed by atoms with E-state index >= 15 is 0 Å². The van der Waals surface area contributed by atoms with Gasteiger partial charge in [0, 0.05) is 67.0 Å². The Balaban J connectivity index is 1.04. The van der Waals surface area contributed by atoms with Crippen molar-refractivity contribution < 1.29 is 14.3 Å². The molecule has 0 saturated carbocycles. The monoisotopic (exact) mass is 652 g/mol. The molecule has 1 saturated heterocycles. The summed E-state index contributed by atoms with van der Waals surface area (Å²) in [6.45, 7) is 13.9. The number of aromatic nitrogens is 1. The maximum absolute atomic E-state index is 13.7. The Hall–Kier alpha value is -4.04. The molecule has 1 aliphatic heterocycles. The third-order valence-electron chi connectivity index (χ3n) is 8.85. The number of halogens is 1. The molecule has 1 aliphatic rings. The van der Waals surface area contributed by atoms with Crippen LogP contribution in [0.4, 0.5) is 0 Å². The lowest BCUT2D eigenvalue weighted by Gasteiger charge is -2.34. The van der Waals surface area contributed by atoms with E-state index in [1.807, 2.05) is 74.5 Å². The van der Waals surface area contributed by atoms with Crippen molar-refractivity contribution in [3.05, 3.63) is 107 Å². The van der Waals surface area contributed by atoms with Crippen molar-refractivity contribution >= 4 is 39.2 Å². The van der Waals surface area contributed by atoms with E-state index < -0.39 is 0 Å². The van der Waals surface area contributed by atoms with Crippen molar-refractivity contribution in [3.63, 3.8) is 0 Å². The number of hydrogen-bond donors (Lipinski definition) is 1. The molecule has 1 N–H and O–H groups in total. The lowest BCUT2D eigenvalue weighted by Crippen LogP contribution is -2.47. The molecule has 4 aromatic carbocycles. The van der Waals surface area contributed by atoms with Crippen LogP contribution in [-0.4, -0.2) is 72.3 Å². The highest BCUT2D eigenvalue weighted by Gasteiger charge is 2.25. The fourth-order valence-corrected chi connectivity index (χ4v) is 6.72. The Morgan fingerprint density at radius 3 is 2.28 bits per heavy atom. The van der Waals surface area contributed by atoms with Gasteiger partial charge in [0.25, 0.3) is 5.91 Å². The first-order valence-corrected chi connectivity index (χ1v) is 17.1. The van der Waals surface area contributed by atoms with Crippen LogP contribution in [0.2, 0.25) is 5.02 Å². The molecule has 8 heteroatoms. The minimum Gasteiger partial charge on any atom is -0.492 e. The van der Waals surface area contributed by atoms with Gasteiger partial charge in [0.2, 0.25) is 5.88 Å². The molecule has 5 aromatic rings. The molecule has 6 rings (SSSR count). The zero-order valence-corrected chi connectivity index (χ0v) is 28.4. The smallest absolute Gasteiger partial charge is 0.257 e. The van der Waals surface area contributed by atoms with Gasteiger partial charge >= 0.3 is 0 Å². The van der Waals surface area contributed by atoms with E-state index in [0.29, 0.717) is 24.6 Å². The third-order valence-corrected chi connectivity index (χ3v) is 9.18. The minimum absolute atomic E-state index is 0.0585. The largest absolute Gasteiger partial charge is 0.492 e. The van der Waals surface area contributed by atoms with E-state index in [9.17, 15) is 4.79 Å². The van der Waals surface area contributed by atoms with Gasteiger partial charge in [0.15, 0.2) is 0 Å². The maximum Gasteiger partial charge on any atom is 0.257 e. The fourth-order valence-electron chi connectivity index (χ4n) is 6.49. The molecular weight excluding hydrogens is 608 g/mol. The summed E-state index contributed by atoms with van der Waals surface area (Å²) in [5.74, 6) is 1.43. The van der Waals surface area contributed by atoms with E-state index in [-0.39, 0.29) is 12.0 Å². The van der Waals surface area contributed by atoms with Gasteiger partial charge in [-0.1, -0.05) is 83.9 Å². The highest BCUT2D eigenvalue weighted by atomic mass is 35.5. The predicted octanol–water partition coefficient (Wildman–Crippen LogP) is 7.56. The Morgan fingerprint density at radius 2 is 1.53 bits per heavy atom. The average molecular weight is 653 g/mol. The van der Waals surface area contributed by atoms with Gasteiger partial charge < -0.3 is 24.3 Å². The first-order valence-electron chi connectivity index (χ1n) is 16.7. The quantitative estimate of drug-likeness (QED) is 0.142. The number of fused-ring (bicyclic) bond motifs is 2. The topological polar surface area (TPSA) is 59.0 Å². The molecule has 0 bridgehead atoms. The van der Waals surface area contributed by atoms with Crippen molar-refractivity contribution in [1.82, 2.24) is 19.7 Å². The van der Waals surface area contributed by atoms with Crippen LogP contribution in [-0.2, 0) is 13.1 Å². The lowest BCUT2D eigenvalue weighted by atomic mass is 10.1. The number of nitrogens with zero attached hydrogens (tertiary/aromatic N) is 3. The van der Waals surface area contributed by atoms with Crippen LogP contribution in [0.5, 0.6) is 11.6 Å². The number of hydrogen-bond acceptors (Lipinski definition) is 5. The van der Waals surface area contributed by atoms with Crippen molar-refractivity contribution in [2.24, 2.45) is 0 Å². The number of ether oxygens (including phenoxy) is 2. The number of piperazine rings is 1. The third kappa shape index (κ3) is 7.92. The van der Waals surface area contributed by atoms with Crippen molar-refractivity contribution in [3.8, 4) is 11.6 Å². The van der Waals surface area contributed by atoms with E-state index in [1.165, 1.54) is 5.56 Å². The second kappa shape index (κ2) is 15.2. The zero-order valence-electron chi connectivity index (χ0n) is 27.7. The molecule has 0 atom stereocenters. The molecule has 246 valence electrons. The first kappa shape index (κ1) is 32.9. The Labute approximate surface area is 283 Å². The number of benzene rings is 4. The summed E-state index contributed by atoms with van der Waals surface area (Å²) in [4.78, 5) is 18.7. The van der Waals surface area contributed by atoms with Gasteiger partial charge in [-0.15, -0.1) is 0 Å². The van der Waals surface area contributed by atoms with Crippen LogP contribution < -0.4 is 14.8 Å². The summed E-state index contributed by atoms with van der Waals surface area (Å²) in [6.07, 6.45) is 0.904. The fraction of sp³-hybridized carbons (Fsp3) is 0.359. The number of carbonyl (C=O) groups excluding carboxylic acids is 1. The van der Waals surface area contributed by atoms with Gasteiger partial charge in [-0.3, -0.25) is 9.69 Å². The average Bonchev–Trinajstić information content (AvgIpc) is 3.37. The van der Waals surface area contributed by atoms with Gasteiger partial charge in [-0.05, 0) is 57.5 Å². The predicted molar refractivity (Wildman–Crippen MR) is 192 cm³/mol. The number of nitrogens with one attached hydrogen (secondary N) is 1. The number of carbonyl (C=O) groups is 1. The number of aryl methyl sites for hydroxylation is 2. The summed E-state index contributed by atoms with van der Waals surface area (Å²) in [5.41, 5.74) is 3.90. The number of amides is 1. The lowest BCUT2D eigenvalue weighted by molar-refractivity contribution is 0.0945. The van der Waals surface area contributed by atoms with Gasteiger partial charge in [0.05, 0.1) is 11.6 Å². The van der Waals surface area contributed by atoms with Crippen LogP contribution in [0.15, 0.2) is 84.9 Å². The molecule has 0 radical (unpaired) electrons. The standard InChI is InChI=1S/C39H45ClN4O3/c1-28(2)47-39-37(38(45)41-27-30-11-8-10-29(3)26-30)33-14-6-7-15-35(33)44(39)19-9-18-42-20-22-43(23-21-42)24-25-46-36-17-16-34(40)31-12-4-5-13-32(31)36/h4-8,10-17,26,28H,9,18-25,27H2,1-3H3,(H,41,45). The molecule has 1 aromatic heterocycles. The van der Waals surface area contributed by atoms with E-state index in [1.54, 1.807) is 0 Å². The van der Waals surface area contributed by atoms with Crippen LogP contribution in [0.25, 0.3) is 21.7 Å². The summed E-state index contributed by atoms with van der Waals surface area (Å²) in [7, 11) is 0. The Kier molecular flexibility index (Phi) is 10.7. The SMILES string of the molecule is Cc1cccc(CNC(=O)c2c(OC(C)C)n(CCCN3CCN(CCOc4ccc(Cl)c5ccccc45)CC3)c3ccccc23)c1. The van der Waals surface area contributed by atoms with Gasteiger partial charge in [0.1, 0.15) is 17.9 Å². The summed E-state index contributed by atoms with van der Waals surface area (Å²) in [6, 6.07) is 28.4. The van der Waals surface area contributed by atoms with Crippen molar-refractivity contribution in [2.75, 3.05) is 45.9 Å². The van der Waals surface area contributed by atoms with E-state index in [2.05, 4.69) is 50.9 Å². The highest BCUT2D eigenvalue weighted by molar-refractivity contribution is 6.35. The molecule has 0 spiro atoms. The summed E-state index contributed by atoms with van der Waals surface area (Å²) in [5, 5.41) is 6.89. The molecule has 1 amide bonds. The van der Waals surface area contributed by atoms with Crippen LogP contribution in [0.3, 0.4) is 0 Å². The van der Waals surface area contributed by atoms with Crippen LogP contribution >= 0.6 is 11.6 Å². The molecule has 47 heavy (non-hydrogen) atoms. The number of para-hydroxylation sites is 1. The Morgan fingerprint density at radius 1 is 0.830 bits per heavy atom. The molecular formula is C39H45ClN4O3. The molecule has 0 unspecified atom stereocenters. The van der Waals surface area contributed by atoms with E-state index in [0.717, 1.165) is 90.2 Å². The molecule has 0 aliphatic carbocycles. The normalized spacial score (nSPS) is 14.2. The van der Waals surface area contributed by atoms with Crippen LogP contribution in [0.1, 0.15) is 41.8 Å². The van der Waals surface area contributed by atoms with E-state index in [4.69, 9.17) is 21.1 Å². The molecule has 2 heterocycles. The van der Waals surface area contributed by atoms with Gasteiger partial charge in [-0.25, -0.2) is 0 Å². The van der Waals surface area contributed by atoms with Crippen molar-refractivity contribution in [1.29, 1.82) is 0 Å². The minimum atomic E-state index is -0.110. The van der Waals surface area contributed by atoms with Crippen molar-refractivity contribution in [2.45, 2.75) is 46.4 Å².